The number of benzene rings is 1. The predicted octanol–water partition coefficient (Wildman–Crippen LogP) is 1.51. The van der Waals surface area contributed by atoms with Gasteiger partial charge in [-0.1, -0.05) is 5.16 Å². The van der Waals surface area contributed by atoms with Gasteiger partial charge in [-0.25, -0.2) is 8.78 Å². The van der Waals surface area contributed by atoms with Gasteiger partial charge >= 0.3 is 0 Å². The number of rotatable bonds is 2. The van der Waals surface area contributed by atoms with Crippen LogP contribution in [0.4, 0.5) is 8.78 Å². The number of halogens is 2. The molecule has 0 fully saturated rings. The fraction of sp³-hybridized carbons (Fsp3) is 0.111. The molecule has 0 amide bonds. The zero-order valence-electron chi connectivity index (χ0n) is 7.44. The number of hydrogen-bond acceptors (Lipinski definition) is 4. The summed E-state index contributed by atoms with van der Waals surface area (Å²) in [6.07, 6.45) is 0. The van der Waals surface area contributed by atoms with E-state index in [-0.39, 0.29) is 23.9 Å². The third kappa shape index (κ3) is 1.84. The molecule has 15 heavy (non-hydrogen) atoms. The highest BCUT2D eigenvalue weighted by Crippen LogP contribution is 2.19. The van der Waals surface area contributed by atoms with Crippen LogP contribution < -0.4 is 0 Å². The van der Waals surface area contributed by atoms with E-state index in [1.54, 1.807) is 0 Å². The van der Waals surface area contributed by atoms with Gasteiger partial charge in [0.15, 0.2) is 17.5 Å². The summed E-state index contributed by atoms with van der Waals surface area (Å²) in [7, 11) is 0. The molecule has 1 heterocycles. The quantitative estimate of drug-likeness (QED) is 0.819. The van der Waals surface area contributed by atoms with E-state index >= 15 is 0 Å². The third-order valence-electron chi connectivity index (χ3n) is 1.78. The Morgan fingerprint density at radius 2 is 2.07 bits per heavy atom. The van der Waals surface area contributed by atoms with Crippen LogP contribution in [0.5, 0.6) is 0 Å². The Morgan fingerprint density at radius 3 is 2.67 bits per heavy atom. The molecule has 0 radical (unpaired) electrons. The molecule has 1 aromatic heterocycles. The lowest BCUT2D eigenvalue weighted by Gasteiger charge is -1.95. The molecule has 0 aliphatic heterocycles. The fourth-order valence-corrected chi connectivity index (χ4v) is 1.06. The number of aliphatic hydroxyl groups excluding tert-OH is 1. The molecule has 2 aromatic rings. The maximum Gasteiger partial charge on any atom is 0.258 e. The summed E-state index contributed by atoms with van der Waals surface area (Å²) in [4.78, 5) is 3.75. The van der Waals surface area contributed by atoms with E-state index in [0.29, 0.717) is 0 Å². The Hall–Kier alpha value is -1.82. The van der Waals surface area contributed by atoms with Crippen LogP contribution in [0, 0.1) is 11.6 Å². The average Bonchev–Trinajstić information content (AvgIpc) is 2.70. The molecule has 0 aliphatic rings. The summed E-state index contributed by atoms with van der Waals surface area (Å²) in [5.74, 6) is -1.80. The maximum atomic E-state index is 12.8. The lowest BCUT2D eigenvalue weighted by Crippen LogP contribution is -1.87. The Balaban J connectivity index is 2.40. The summed E-state index contributed by atoms with van der Waals surface area (Å²) in [5, 5.41) is 12.1. The van der Waals surface area contributed by atoms with Crippen LogP contribution in [0.2, 0.25) is 0 Å². The normalized spacial score (nSPS) is 10.6. The van der Waals surface area contributed by atoms with Crippen LogP contribution in [0.15, 0.2) is 22.7 Å². The van der Waals surface area contributed by atoms with Gasteiger partial charge in [-0.3, -0.25) is 0 Å². The first-order chi connectivity index (χ1) is 7.20. The second kappa shape index (κ2) is 3.74. The van der Waals surface area contributed by atoms with Crippen LogP contribution in [0.25, 0.3) is 11.5 Å². The zero-order chi connectivity index (χ0) is 10.8. The van der Waals surface area contributed by atoms with Gasteiger partial charge < -0.3 is 9.63 Å². The molecule has 0 bridgehead atoms. The molecule has 4 nitrogen and oxygen atoms in total. The first-order valence-electron chi connectivity index (χ1n) is 4.09. The van der Waals surface area contributed by atoms with Gasteiger partial charge in [0.1, 0.15) is 6.61 Å². The fourth-order valence-electron chi connectivity index (χ4n) is 1.06. The Bertz CT molecular complexity index is 485. The predicted molar refractivity (Wildman–Crippen MR) is 45.6 cm³/mol. The Labute approximate surface area is 83.2 Å². The first-order valence-corrected chi connectivity index (χ1v) is 4.09. The van der Waals surface area contributed by atoms with Gasteiger partial charge in [-0.15, -0.1) is 0 Å². The molecule has 0 aliphatic carbocycles. The molecule has 1 aromatic carbocycles. The standard InChI is InChI=1S/C9H6F2N2O2/c10-6-2-1-5(3-7(6)11)9-12-8(4-14)13-15-9/h1-3,14H,4H2. The van der Waals surface area contributed by atoms with E-state index in [1.165, 1.54) is 6.07 Å². The number of aromatic nitrogens is 2. The summed E-state index contributed by atoms with van der Waals surface area (Å²) in [6, 6.07) is 3.23. The molecule has 0 saturated heterocycles. The molecule has 1 N–H and O–H groups in total. The average molecular weight is 212 g/mol. The SMILES string of the molecule is OCc1noc(-c2ccc(F)c(F)c2)n1. The second-order valence-corrected chi connectivity index (χ2v) is 2.80. The minimum Gasteiger partial charge on any atom is -0.388 e. The molecule has 2 rings (SSSR count). The summed E-state index contributed by atoms with van der Waals surface area (Å²) in [5.41, 5.74) is 0.265. The summed E-state index contributed by atoms with van der Waals surface area (Å²) < 4.78 is 30.2. The van der Waals surface area contributed by atoms with E-state index in [0.717, 1.165) is 12.1 Å². The van der Waals surface area contributed by atoms with Crippen LogP contribution >= 0.6 is 0 Å². The van der Waals surface area contributed by atoms with Crippen molar-refractivity contribution < 1.29 is 18.4 Å². The number of nitrogens with zero attached hydrogens (tertiary/aromatic N) is 2. The Morgan fingerprint density at radius 1 is 1.27 bits per heavy atom. The van der Waals surface area contributed by atoms with Gasteiger partial charge in [0.25, 0.3) is 5.89 Å². The lowest BCUT2D eigenvalue weighted by atomic mass is 10.2. The minimum atomic E-state index is -0.990. The van der Waals surface area contributed by atoms with Crippen molar-refractivity contribution in [1.29, 1.82) is 0 Å². The van der Waals surface area contributed by atoms with Crippen molar-refractivity contribution in [3.8, 4) is 11.5 Å². The molecular weight excluding hydrogens is 206 g/mol. The third-order valence-corrected chi connectivity index (χ3v) is 1.78. The van der Waals surface area contributed by atoms with Crippen molar-refractivity contribution in [3.63, 3.8) is 0 Å². The monoisotopic (exact) mass is 212 g/mol. The molecule has 0 atom stereocenters. The topological polar surface area (TPSA) is 59.2 Å². The van der Waals surface area contributed by atoms with Gasteiger partial charge in [0.2, 0.25) is 0 Å². The van der Waals surface area contributed by atoms with Crippen molar-refractivity contribution in [2.75, 3.05) is 0 Å². The highest BCUT2D eigenvalue weighted by atomic mass is 19.2. The summed E-state index contributed by atoms with van der Waals surface area (Å²) in [6.45, 7) is -0.368. The van der Waals surface area contributed by atoms with Gasteiger partial charge in [-0.2, -0.15) is 4.98 Å². The van der Waals surface area contributed by atoms with Crippen molar-refractivity contribution in [2.45, 2.75) is 6.61 Å². The highest BCUT2D eigenvalue weighted by molar-refractivity contribution is 5.52. The van der Waals surface area contributed by atoms with Gasteiger partial charge in [0.05, 0.1) is 0 Å². The lowest BCUT2D eigenvalue weighted by molar-refractivity contribution is 0.264. The summed E-state index contributed by atoms with van der Waals surface area (Å²) >= 11 is 0. The largest absolute Gasteiger partial charge is 0.388 e. The maximum absolute atomic E-state index is 12.8. The molecule has 0 saturated carbocycles. The van der Waals surface area contributed by atoms with Crippen LogP contribution in [-0.4, -0.2) is 15.2 Å². The molecule has 78 valence electrons. The van der Waals surface area contributed by atoms with Crippen LogP contribution in [0.3, 0.4) is 0 Å². The van der Waals surface area contributed by atoms with Crippen molar-refractivity contribution >= 4 is 0 Å². The Kier molecular flexibility index (Phi) is 2.42. The first kappa shape index (κ1) is 9.72. The molecule has 0 spiro atoms. The van der Waals surface area contributed by atoms with E-state index in [1.807, 2.05) is 0 Å². The zero-order valence-corrected chi connectivity index (χ0v) is 7.44. The number of hydrogen-bond donors (Lipinski definition) is 1. The van der Waals surface area contributed by atoms with Crippen LogP contribution in [0.1, 0.15) is 5.82 Å². The van der Waals surface area contributed by atoms with E-state index in [9.17, 15) is 8.78 Å². The van der Waals surface area contributed by atoms with E-state index < -0.39 is 11.6 Å². The highest BCUT2D eigenvalue weighted by Gasteiger charge is 2.10. The van der Waals surface area contributed by atoms with Gasteiger partial charge in [-0.05, 0) is 18.2 Å². The minimum absolute atomic E-state index is 0.0398. The van der Waals surface area contributed by atoms with Crippen molar-refractivity contribution in [2.24, 2.45) is 0 Å². The van der Waals surface area contributed by atoms with Crippen molar-refractivity contribution in [3.05, 3.63) is 35.7 Å². The van der Waals surface area contributed by atoms with E-state index in [2.05, 4.69) is 10.1 Å². The van der Waals surface area contributed by atoms with E-state index in [4.69, 9.17) is 9.63 Å². The molecule has 6 heteroatoms. The molecular formula is C9H6F2N2O2. The van der Waals surface area contributed by atoms with Crippen LogP contribution in [-0.2, 0) is 6.61 Å². The smallest absolute Gasteiger partial charge is 0.258 e. The second-order valence-electron chi connectivity index (χ2n) is 2.80. The van der Waals surface area contributed by atoms with Crippen molar-refractivity contribution in [1.82, 2.24) is 10.1 Å². The van der Waals surface area contributed by atoms with Gasteiger partial charge in [0, 0.05) is 5.56 Å². The molecule has 0 unspecified atom stereocenters. The number of aliphatic hydroxyl groups is 1.